The van der Waals surface area contributed by atoms with Crippen molar-refractivity contribution in [2.24, 2.45) is 0 Å². The number of aromatic hydroxyl groups is 1. The number of ether oxygens (including phenoxy) is 1. The van der Waals surface area contributed by atoms with Gasteiger partial charge in [0.05, 0.1) is 18.4 Å². The van der Waals surface area contributed by atoms with E-state index in [1.54, 1.807) is 73.7 Å². The number of phenols is 1. The minimum absolute atomic E-state index is 0.0229. The van der Waals surface area contributed by atoms with Crippen LogP contribution in [0.15, 0.2) is 102 Å². The Kier molecular flexibility index (Phi) is 10.4. The Morgan fingerprint density at radius 1 is 0.864 bits per heavy atom. The van der Waals surface area contributed by atoms with Crippen LogP contribution in [-0.4, -0.2) is 46.8 Å². The molecule has 224 valence electrons. The fourth-order valence-corrected chi connectivity index (χ4v) is 4.76. The fourth-order valence-electron chi connectivity index (χ4n) is 4.00. The first-order valence-electron chi connectivity index (χ1n) is 13.3. The van der Waals surface area contributed by atoms with Crippen LogP contribution in [0.25, 0.3) is 6.08 Å². The Hall–Kier alpha value is -5.55. The number of rotatable bonds is 11. The SMILES string of the molecule is COc1cc(O)ccc1/C=C(/NC(=O)c1ccccc1)C(=O)Nc1cccc(SCC(=O)Nc2cc(C(=O)O)ccc2C)c1. The third kappa shape index (κ3) is 8.49. The van der Waals surface area contributed by atoms with E-state index in [9.17, 15) is 29.4 Å². The molecule has 0 fully saturated rings. The lowest BCUT2D eigenvalue weighted by Gasteiger charge is -2.13. The van der Waals surface area contributed by atoms with Crippen LogP contribution in [0, 0.1) is 6.92 Å². The van der Waals surface area contributed by atoms with E-state index in [1.165, 1.54) is 49.2 Å². The van der Waals surface area contributed by atoms with Gasteiger partial charge in [-0.05, 0) is 73.2 Å². The van der Waals surface area contributed by atoms with E-state index in [4.69, 9.17) is 4.74 Å². The number of hydrogen-bond donors (Lipinski definition) is 5. The van der Waals surface area contributed by atoms with E-state index in [1.807, 2.05) is 0 Å². The zero-order chi connectivity index (χ0) is 31.6. The molecule has 0 saturated heterocycles. The molecule has 5 N–H and O–H groups in total. The number of carboxylic acid groups (broad SMARTS) is 1. The van der Waals surface area contributed by atoms with Gasteiger partial charge in [0, 0.05) is 33.5 Å². The number of carbonyl (C=O) groups is 4. The van der Waals surface area contributed by atoms with Gasteiger partial charge in [0.1, 0.15) is 17.2 Å². The van der Waals surface area contributed by atoms with Gasteiger partial charge in [-0.25, -0.2) is 4.79 Å². The highest BCUT2D eigenvalue weighted by Gasteiger charge is 2.17. The molecule has 0 spiro atoms. The third-order valence-electron chi connectivity index (χ3n) is 6.27. The Balaban J connectivity index is 1.49. The van der Waals surface area contributed by atoms with Gasteiger partial charge in [-0.3, -0.25) is 14.4 Å². The molecular formula is C33H29N3O7S. The van der Waals surface area contributed by atoms with Crippen LogP contribution in [0.4, 0.5) is 11.4 Å². The summed E-state index contributed by atoms with van der Waals surface area (Å²) < 4.78 is 5.33. The maximum Gasteiger partial charge on any atom is 0.335 e. The second-order valence-corrected chi connectivity index (χ2v) is 10.5. The number of methoxy groups -OCH3 is 1. The number of hydrogen-bond acceptors (Lipinski definition) is 7. The smallest absolute Gasteiger partial charge is 0.335 e. The minimum Gasteiger partial charge on any atom is -0.508 e. The molecule has 0 aromatic heterocycles. The maximum atomic E-state index is 13.4. The van der Waals surface area contributed by atoms with Crippen molar-refractivity contribution in [1.82, 2.24) is 5.32 Å². The lowest BCUT2D eigenvalue weighted by atomic mass is 10.1. The Morgan fingerprint density at radius 2 is 1.64 bits per heavy atom. The molecule has 4 aromatic rings. The summed E-state index contributed by atoms with van der Waals surface area (Å²) in [6.45, 7) is 1.77. The van der Waals surface area contributed by atoms with Gasteiger partial charge in [-0.2, -0.15) is 0 Å². The number of amides is 3. The maximum absolute atomic E-state index is 13.4. The minimum atomic E-state index is -1.09. The van der Waals surface area contributed by atoms with Gasteiger partial charge in [-0.1, -0.05) is 30.3 Å². The monoisotopic (exact) mass is 611 g/mol. The summed E-state index contributed by atoms with van der Waals surface area (Å²) in [5.41, 5.74) is 2.36. The lowest BCUT2D eigenvalue weighted by Crippen LogP contribution is -2.30. The largest absolute Gasteiger partial charge is 0.508 e. The topological polar surface area (TPSA) is 154 Å². The molecule has 0 heterocycles. The van der Waals surface area contributed by atoms with E-state index in [2.05, 4.69) is 16.0 Å². The fraction of sp³-hybridized carbons (Fsp3) is 0.0909. The molecular weight excluding hydrogens is 582 g/mol. The van der Waals surface area contributed by atoms with E-state index in [-0.39, 0.29) is 28.7 Å². The van der Waals surface area contributed by atoms with Crippen LogP contribution in [-0.2, 0) is 9.59 Å². The molecule has 0 aliphatic carbocycles. The van der Waals surface area contributed by atoms with E-state index in [0.717, 1.165) is 5.56 Å². The Bertz CT molecular complexity index is 1740. The van der Waals surface area contributed by atoms with Crippen LogP contribution in [0.5, 0.6) is 11.5 Å². The third-order valence-corrected chi connectivity index (χ3v) is 7.26. The Morgan fingerprint density at radius 3 is 2.36 bits per heavy atom. The first-order valence-corrected chi connectivity index (χ1v) is 14.2. The normalized spacial score (nSPS) is 10.9. The molecule has 11 heteroatoms. The van der Waals surface area contributed by atoms with Crippen LogP contribution in [0.1, 0.15) is 31.8 Å². The predicted octanol–water partition coefficient (Wildman–Crippen LogP) is 5.55. The van der Waals surface area contributed by atoms with Gasteiger partial charge >= 0.3 is 5.97 Å². The first-order chi connectivity index (χ1) is 21.1. The summed E-state index contributed by atoms with van der Waals surface area (Å²) in [5, 5.41) is 27.2. The van der Waals surface area contributed by atoms with Crippen LogP contribution < -0.4 is 20.7 Å². The van der Waals surface area contributed by atoms with Crippen molar-refractivity contribution in [3.8, 4) is 11.5 Å². The first kappa shape index (κ1) is 31.4. The molecule has 0 radical (unpaired) electrons. The van der Waals surface area contributed by atoms with Gasteiger partial charge in [-0.15, -0.1) is 11.8 Å². The average molecular weight is 612 g/mol. The summed E-state index contributed by atoms with van der Waals surface area (Å²) >= 11 is 1.23. The number of thioether (sulfide) groups is 1. The van der Waals surface area contributed by atoms with Crippen molar-refractivity contribution >= 4 is 52.9 Å². The van der Waals surface area contributed by atoms with Crippen LogP contribution >= 0.6 is 11.8 Å². The lowest BCUT2D eigenvalue weighted by molar-refractivity contribution is -0.114. The molecule has 10 nitrogen and oxygen atoms in total. The van der Waals surface area contributed by atoms with Gasteiger partial charge in [0.2, 0.25) is 5.91 Å². The Labute approximate surface area is 257 Å². The zero-order valence-electron chi connectivity index (χ0n) is 23.8. The molecule has 4 rings (SSSR count). The number of anilines is 2. The number of carbonyl (C=O) groups excluding carboxylic acids is 3. The highest BCUT2D eigenvalue weighted by atomic mass is 32.2. The van der Waals surface area contributed by atoms with Crippen molar-refractivity contribution < 1.29 is 34.1 Å². The summed E-state index contributed by atoms with van der Waals surface area (Å²) in [6.07, 6.45) is 1.44. The average Bonchev–Trinajstić information content (AvgIpc) is 3.02. The standard InChI is InChI=1S/C33H29N3O7S/c1-20-11-12-23(33(41)42)16-27(20)35-30(38)19-44-26-10-6-9-24(17-26)34-32(40)28(36-31(39)21-7-4-3-5-8-21)15-22-13-14-25(37)18-29(22)43-2/h3-18,37H,19H2,1-2H3,(H,34,40)(H,35,38)(H,36,39)(H,41,42)/b28-15+. The molecule has 44 heavy (non-hydrogen) atoms. The quantitative estimate of drug-likeness (QED) is 0.109. The van der Waals surface area contributed by atoms with Crippen molar-refractivity contribution in [3.05, 3.63) is 119 Å². The predicted molar refractivity (Wildman–Crippen MR) is 169 cm³/mol. The molecule has 0 bridgehead atoms. The zero-order valence-corrected chi connectivity index (χ0v) is 24.6. The molecule has 0 unspecified atom stereocenters. The van der Waals surface area contributed by atoms with Crippen molar-refractivity contribution in [3.63, 3.8) is 0 Å². The summed E-state index contributed by atoms with van der Waals surface area (Å²) in [4.78, 5) is 51.0. The summed E-state index contributed by atoms with van der Waals surface area (Å²) in [5.74, 6) is -2.22. The summed E-state index contributed by atoms with van der Waals surface area (Å²) in [7, 11) is 1.42. The van der Waals surface area contributed by atoms with Crippen molar-refractivity contribution in [2.75, 3.05) is 23.5 Å². The second-order valence-electron chi connectivity index (χ2n) is 9.46. The number of carboxylic acids is 1. The number of aryl methyl sites for hydroxylation is 1. The van der Waals surface area contributed by atoms with Gasteiger partial charge < -0.3 is 30.9 Å². The van der Waals surface area contributed by atoms with E-state index in [0.29, 0.717) is 33.1 Å². The number of nitrogens with one attached hydrogen (secondary N) is 3. The van der Waals surface area contributed by atoms with Gasteiger partial charge in [0.15, 0.2) is 0 Å². The molecule has 0 aliphatic rings. The molecule has 3 amide bonds. The van der Waals surface area contributed by atoms with Crippen molar-refractivity contribution in [1.29, 1.82) is 0 Å². The van der Waals surface area contributed by atoms with Crippen LogP contribution in [0.3, 0.4) is 0 Å². The van der Waals surface area contributed by atoms with Crippen LogP contribution in [0.2, 0.25) is 0 Å². The number of phenolic OH excluding ortho intramolecular Hbond substituents is 1. The number of benzene rings is 4. The second kappa shape index (κ2) is 14.6. The molecule has 0 aliphatic heterocycles. The molecule has 0 saturated carbocycles. The van der Waals surface area contributed by atoms with Crippen molar-refractivity contribution in [2.45, 2.75) is 11.8 Å². The number of aromatic carboxylic acids is 1. The summed E-state index contributed by atoms with van der Waals surface area (Å²) in [6, 6.07) is 24.1. The van der Waals surface area contributed by atoms with E-state index >= 15 is 0 Å². The highest BCUT2D eigenvalue weighted by molar-refractivity contribution is 8.00. The molecule has 0 atom stereocenters. The van der Waals surface area contributed by atoms with Gasteiger partial charge in [0.25, 0.3) is 11.8 Å². The highest BCUT2D eigenvalue weighted by Crippen LogP contribution is 2.27. The molecule has 4 aromatic carbocycles. The van der Waals surface area contributed by atoms with E-state index < -0.39 is 17.8 Å².